The van der Waals surface area contributed by atoms with Crippen LogP contribution in [-0.4, -0.2) is 78.2 Å². The van der Waals surface area contributed by atoms with Crippen molar-refractivity contribution < 1.29 is 27.4 Å². The molecular formula is C32H37F3N6O3. The number of alkyl halides is 3. The lowest BCUT2D eigenvalue weighted by Gasteiger charge is -2.54. The maximum Gasteiger partial charge on any atom is 0.435 e. The first-order chi connectivity index (χ1) is 21.2. The number of ether oxygens (including phenoxy) is 2. The van der Waals surface area contributed by atoms with Crippen LogP contribution in [0.15, 0.2) is 42.6 Å². The Hall–Kier alpha value is -3.93. The number of rotatable bonds is 7. The van der Waals surface area contributed by atoms with Crippen molar-refractivity contribution in [2.75, 3.05) is 51.3 Å². The lowest BCUT2D eigenvalue weighted by Crippen LogP contribution is -2.61. The molecule has 1 N–H and O–H groups in total. The highest BCUT2D eigenvalue weighted by atomic mass is 19.4. The van der Waals surface area contributed by atoms with E-state index >= 15 is 0 Å². The molecule has 1 spiro atoms. The number of nitrogens with one attached hydrogen (secondary N) is 1. The zero-order valence-corrected chi connectivity index (χ0v) is 25.2. The van der Waals surface area contributed by atoms with E-state index in [2.05, 4.69) is 22.2 Å². The van der Waals surface area contributed by atoms with Gasteiger partial charge in [0.05, 0.1) is 30.7 Å². The van der Waals surface area contributed by atoms with Crippen molar-refractivity contribution in [3.05, 3.63) is 59.5 Å². The monoisotopic (exact) mass is 610 g/mol. The molecule has 44 heavy (non-hydrogen) atoms. The molecule has 3 aliphatic heterocycles. The zero-order chi connectivity index (χ0) is 31.1. The summed E-state index contributed by atoms with van der Waals surface area (Å²) in [5, 5.41) is 3.38. The molecule has 3 aliphatic rings. The largest absolute Gasteiger partial charge is 0.481 e. The highest BCUT2D eigenvalue weighted by molar-refractivity contribution is 5.96. The van der Waals surface area contributed by atoms with E-state index in [1.54, 1.807) is 11.1 Å². The molecule has 0 unspecified atom stereocenters. The van der Waals surface area contributed by atoms with Gasteiger partial charge < -0.3 is 24.6 Å². The third-order valence-electron chi connectivity index (χ3n) is 9.36. The first-order valence-corrected chi connectivity index (χ1v) is 15.2. The Labute approximate surface area is 254 Å². The minimum Gasteiger partial charge on any atom is -0.481 e. The summed E-state index contributed by atoms with van der Waals surface area (Å²) < 4.78 is 53.2. The average molecular weight is 611 g/mol. The van der Waals surface area contributed by atoms with Gasteiger partial charge in [-0.1, -0.05) is 19.4 Å². The first-order valence-electron chi connectivity index (χ1n) is 15.2. The topological polar surface area (TPSA) is 92.7 Å². The van der Waals surface area contributed by atoms with Crippen LogP contribution in [0.1, 0.15) is 54.9 Å². The Bertz CT molecular complexity index is 1530. The fraction of sp³-hybridized carbons (Fsp3) is 0.500. The van der Waals surface area contributed by atoms with Gasteiger partial charge in [0.25, 0.3) is 5.91 Å². The first kappa shape index (κ1) is 30.1. The molecule has 6 rings (SSSR count). The van der Waals surface area contributed by atoms with Crippen LogP contribution in [0.3, 0.4) is 0 Å². The van der Waals surface area contributed by atoms with Crippen molar-refractivity contribution in [2.45, 2.75) is 50.7 Å². The van der Waals surface area contributed by atoms with Crippen molar-refractivity contribution in [1.29, 1.82) is 0 Å². The number of amides is 1. The van der Waals surface area contributed by atoms with Crippen molar-refractivity contribution in [3.8, 4) is 23.0 Å². The van der Waals surface area contributed by atoms with Gasteiger partial charge in [0.1, 0.15) is 5.69 Å². The molecule has 6 heterocycles. The van der Waals surface area contributed by atoms with Crippen LogP contribution in [0.4, 0.5) is 18.9 Å². The number of hydrogen-bond donors (Lipinski definition) is 1. The predicted molar refractivity (Wildman–Crippen MR) is 159 cm³/mol. The average Bonchev–Trinajstić information content (AvgIpc) is 3.57. The quantitative estimate of drug-likeness (QED) is 0.402. The van der Waals surface area contributed by atoms with E-state index in [9.17, 15) is 18.0 Å². The number of methoxy groups -OCH3 is 1. The fourth-order valence-corrected chi connectivity index (χ4v) is 7.19. The minimum absolute atomic E-state index is 0.0218. The molecule has 2 fully saturated rings. The van der Waals surface area contributed by atoms with Crippen molar-refractivity contribution in [1.82, 2.24) is 25.2 Å². The molecule has 3 atom stereocenters. The summed E-state index contributed by atoms with van der Waals surface area (Å²) in [7, 11) is 1.30. The molecule has 1 amide bonds. The van der Waals surface area contributed by atoms with Crippen LogP contribution < -0.4 is 19.7 Å². The van der Waals surface area contributed by atoms with Crippen LogP contribution in [0.2, 0.25) is 0 Å². The normalized spacial score (nSPS) is 23.6. The number of pyridine rings is 3. The Morgan fingerprint density at radius 1 is 1.14 bits per heavy atom. The van der Waals surface area contributed by atoms with Crippen molar-refractivity contribution in [2.24, 2.45) is 5.92 Å². The van der Waals surface area contributed by atoms with Gasteiger partial charge in [-0.3, -0.25) is 4.79 Å². The molecule has 0 bridgehead atoms. The third-order valence-corrected chi connectivity index (χ3v) is 9.36. The van der Waals surface area contributed by atoms with E-state index in [4.69, 9.17) is 14.5 Å². The van der Waals surface area contributed by atoms with Gasteiger partial charge in [-0.25, -0.2) is 15.0 Å². The van der Waals surface area contributed by atoms with E-state index in [1.807, 2.05) is 36.1 Å². The van der Waals surface area contributed by atoms with Gasteiger partial charge in [0, 0.05) is 49.9 Å². The highest BCUT2D eigenvalue weighted by Crippen LogP contribution is 2.49. The Morgan fingerprint density at radius 2 is 1.98 bits per heavy atom. The molecule has 3 aromatic rings. The predicted octanol–water partition coefficient (Wildman–Crippen LogP) is 4.96. The number of nitrogens with zero attached hydrogens (tertiary/aromatic N) is 5. The Balaban J connectivity index is 1.43. The van der Waals surface area contributed by atoms with Gasteiger partial charge in [-0.2, -0.15) is 13.2 Å². The van der Waals surface area contributed by atoms with E-state index in [-0.39, 0.29) is 29.4 Å². The second kappa shape index (κ2) is 11.9. The van der Waals surface area contributed by atoms with E-state index < -0.39 is 17.3 Å². The number of hydrogen-bond acceptors (Lipinski definition) is 8. The third kappa shape index (κ3) is 5.22. The van der Waals surface area contributed by atoms with E-state index in [0.717, 1.165) is 18.5 Å². The number of piperidine rings is 1. The fourth-order valence-electron chi connectivity index (χ4n) is 7.19. The van der Waals surface area contributed by atoms with Crippen LogP contribution in [0.25, 0.3) is 11.3 Å². The van der Waals surface area contributed by atoms with E-state index in [0.29, 0.717) is 68.5 Å². The standard InChI is InChI=1S/C32H37F3N6O3/c1-4-20-18-40(25-10-11-26(43-3)39-28(25)32(33,34)35)16-13-31(20)19-41(21-12-15-36-17-21)30(42)27-23(31)8-9-24(38-27)22-7-6-14-37-29(22)44-5-2/h6-11,14,20-21,36H,4-5,12-13,15-19H2,1-3H3/t20-,21+,31+/m1/s1. The molecule has 234 valence electrons. The second-order valence-electron chi connectivity index (χ2n) is 11.6. The van der Waals surface area contributed by atoms with Gasteiger partial charge in [0.2, 0.25) is 11.8 Å². The Morgan fingerprint density at radius 3 is 2.68 bits per heavy atom. The molecule has 0 aliphatic carbocycles. The summed E-state index contributed by atoms with van der Waals surface area (Å²) in [6.45, 7) is 7.17. The summed E-state index contributed by atoms with van der Waals surface area (Å²) in [5.41, 5.74) is 1.19. The molecule has 9 nitrogen and oxygen atoms in total. The molecule has 2 saturated heterocycles. The Kier molecular flexibility index (Phi) is 8.12. The second-order valence-corrected chi connectivity index (χ2v) is 11.6. The van der Waals surface area contributed by atoms with Crippen molar-refractivity contribution >= 4 is 11.6 Å². The molecular weight excluding hydrogens is 573 g/mol. The van der Waals surface area contributed by atoms with Gasteiger partial charge in [0.15, 0.2) is 5.69 Å². The number of aromatic nitrogens is 3. The number of fused-ring (bicyclic) bond motifs is 2. The van der Waals surface area contributed by atoms with Crippen LogP contribution in [0.5, 0.6) is 11.8 Å². The van der Waals surface area contributed by atoms with Crippen molar-refractivity contribution in [3.63, 3.8) is 0 Å². The number of halogens is 3. The summed E-state index contributed by atoms with van der Waals surface area (Å²) in [5.74, 6) is 0.211. The maximum absolute atomic E-state index is 14.2. The molecule has 0 aromatic carbocycles. The van der Waals surface area contributed by atoms with Gasteiger partial charge >= 0.3 is 6.18 Å². The number of carbonyl (C=O) groups is 1. The lowest BCUT2D eigenvalue weighted by atomic mass is 9.62. The lowest BCUT2D eigenvalue weighted by molar-refractivity contribution is -0.140. The highest BCUT2D eigenvalue weighted by Gasteiger charge is 2.52. The summed E-state index contributed by atoms with van der Waals surface area (Å²) in [4.78, 5) is 31.0. The molecule has 3 aromatic heterocycles. The molecule has 0 saturated carbocycles. The minimum atomic E-state index is -4.64. The zero-order valence-electron chi connectivity index (χ0n) is 25.2. The van der Waals surface area contributed by atoms with Gasteiger partial charge in [-0.15, -0.1) is 0 Å². The van der Waals surface area contributed by atoms with Gasteiger partial charge in [-0.05, 0) is 62.1 Å². The summed E-state index contributed by atoms with van der Waals surface area (Å²) in [6, 6.07) is 10.5. The summed E-state index contributed by atoms with van der Waals surface area (Å²) in [6.07, 6.45) is -0.869. The number of anilines is 1. The van der Waals surface area contributed by atoms with Crippen LogP contribution >= 0.6 is 0 Å². The molecule has 0 radical (unpaired) electrons. The van der Waals surface area contributed by atoms with Crippen LogP contribution in [-0.2, 0) is 11.6 Å². The molecule has 12 heteroatoms. The maximum atomic E-state index is 14.2. The smallest absolute Gasteiger partial charge is 0.435 e. The van der Waals surface area contributed by atoms with E-state index in [1.165, 1.54) is 19.2 Å². The summed E-state index contributed by atoms with van der Waals surface area (Å²) >= 11 is 0. The van der Waals surface area contributed by atoms with Crippen LogP contribution in [0, 0.1) is 5.92 Å². The SMILES string of the molecule is CCOc1ncccc1-c1ccc2c(n1)C(=O)N([C@H]1CCNC1)C[C@]21CCN(c2ccc(OC)nc2C(F)(F)F)C[C@H]1CC. The number of carbonyl (C=O) groups excluding carboxylic acids is 1.